The van der Waals surface area contributed by atoms with Gasteiger partial charge in [-0.1, -0.05) is 94.8 Å². The minimum absolute atomic E-state index is 0.0614. The Balaban J connectivity index is 1.47. The molecule has 0 radical (unpaired) electrons. The highest BCUT2D eigenvalue weighted by molar-refractivity contribution is 6.03. The molecule has 5 heteroatoms. The maximum absolute atomic E-state index is 4.72. The second kappa shape index (κ2) is 13.0. The van der Waals surface area contributed by atoms with E-state index in [9.17, 15) is 0 Å². The SMILES string of the molecule is CCCc1cn(C2=C(/C=C/C3=[N+](CCC)c4ccccc4C3(C)C)CCC/C2=C\C=C2\N(CCC)c3ccccc3C2(C)C)nn1. The van der Waals surface area contributed by atoms with E-state index in [0.717, 1.165) is 63.7 Å². The van der Waals surface area contributed by atoms with Gasteiger partial charge in [-0.15, -0.1) is 5.10 Å². The fourth-order valence-electron chi connectivity index (χ4n) is 7.88. The van der Waals surface area contributed by atoms with Gasteiger partial charge in [-0.3, -0.25) is 0 Å². The number of aromatic nitrogens is 3. The molecule has 0 saturated heterocycles. The monoisotopic (exact) mass is 614 g/mol. The van der Waals surface area contributed by atoms with Crippen molar-refractivity contribution in [3.63, 3.8) is 0 Å². The van der Waals surface area contributed by atoms with E-state index in [2.05, 4.69) is 147 Å². The number of nitrogens with zero attached hydrogens (tertiary/aromatic N) is 5. The Morgan fingerprint density at radius 3 is 2.35 bits per heavy atom. The van der Waals surface area contributed by atoms with Gasteiger partial charge in [-0.2, -0.15) is 4.58 Å². The van der Waals surface area contributed by atoms with Crippen LogP contribution in [0.15, 0.2) is 95.9 Å². The summed E-state index contributed by atoms with van der Waals surface area (Å²) in [7, 11) is 0. The maximum atomic E-state index is 4.72. The minimum atomic E-state index is -0.0614. The van der Waals surface area contributed by atoms with Crippen molar-refractivity contribution < 1.29 is 4.58 Å². The molecule has 0 N–H and O–H groups in total. The van der Waals surface area contributed by atoms with E-state index in [-0.39, 0.29) is 10.8 Å². The highest BCUT2D eigenvalue weighted by Gasteiger charge is 2.44. The molecule has 46 heavy (non-hydrogen) atoms. The summed E-state index contributed by atoms with van der Waals surface area (Å²) >= 11 is 0. The van der Waals surface area contributed by atoms with Crippen LogP contribution in [0.4, 0.5) is 11.4 Å². The van der Waals surface area contributed by atoms with Gasteiger partial charge in [0.1, 0.15) is 6.54 Å². The van der Waals surface area contributed by atoms with E-state index in [1.165, 1.54) is 50.8 Å². The van der Waals surface area contributed by atoms with Crippen LogP contribution in [0, 0.1) is 0 Å². The molecule has 0 saturated carbocycles. The maximum Gasteiger partial charge on any atom is 0.209 e. The second-order valence-electron chi connectivity index (χ2n) is 14.2. The number of rotatable bonds is 10. The van der Waals surface area contributed by atoms with Gasteiger partial charge in [0.15, 0.2) is 5.71 Å². The van der Waals surface area contributed by atoms with Gasteiger partial charge in [0.05, 0.1) is 23.0 Å². The molecule has 3 aliphatic rings. The molecule has 0 atom stereocenters. The molecule has 0 unspecified atom stereocenters. The van der Waals surface area contributed by atoms with Gasteiger partial charge in [0.25, 0.3) is 0 Å². The molecular weight excluding hydrogens is 562 g/mol. The summed E-state index contributed by atoms with van der Waals surface area (Å²) in [5.41, 5.74) is 13.0. The molecule has 0 amide bonds. The molecule has 0 fully saturated rings. The normalized spacial score (nSPS) is 20.5. The van der Waals surface area contributed by atoms with Crippen LogP contribution in [0.2, 0.25) is 0 Å². The number of anilines is 1. The molecule has 1 aliphatic carbocycles. The standard InChI is InChI=1S/C41H52N5/c1-8-16-32-29-46(43-42-32)39-30(23-25-37-40(4,5)33-19-11-13-21-35(33)44(37)27-9-2)17-15-18-31(39)24-26-38-41(6,7)34-20-12-14-22-36(34)45(38)28-10-3/h11-14,19-26,29H,8-10,15-18,27-28H2,1-7H3/q+1. The summed E-state index contributed by atoms with van der Waals surface area (Å²) < 4.78 is 4.60. The summed E-state index contributed by atoms with van der Waals surface area (Å²) in [6.45, 7) is 18.2. The highest BCUT2D eigenvalue weighted by atomic mass is 15.4. The zero-order chi connectivity index (χ0) is 32.5. The van der Waals surface area contributed by atoms with Crippen LogP contribution in [0.25, 0.3) is 5.70 Å². The van der Waals surface area contributed by atoms with Crippen LogP contribution in [0.1, 0.15) is 104 Å². The Hall–Kier alpha value is -3.99. The molecule has 240 valence electrons. The molecule has 3 aromatic rings. The lowest BCUT2D eigenvalue weighted by atomic mass is 9.81. The van der Waals surface area contributed by atoms with E-state index >= 15 is 0 Å². The molecule has 0 bridgehead atoms. The molecular formula is C41H52N5+. The first kappa shape index (κ1) is 32.0. The van der Waals surface area contributed by atoms with Crippen molar-refractivity contribution in [2.75, 3.05) is 18.0 Å². The molecule has 5 nitrogen and oxygen atoms in total. The van der Waals surface area contributed by atoms with Gasteiger partial charge >= 0.3 is 0 Å². The quantitative estimate of drug-likeness (QED) is 0.213. The van der Waals surface area contributed by atoms with Crippen LogP contribution in [0.3, 0.4) is 0 Å². The lowest BCUT2D eigenvalue weighted by molar-refractivity contribution is -0.437. The van der Waals surface area contributed by atoms with Crippen LogP contribution < -0.4 is 4.90 Å². The molecule has 3 heterocycles. The average molecular weight is 615 g/mol. The summed E-state index contributed by atoms with van der Waals surface area (Å²) in [6, 6.07) is 17.8. The zero-order valence-electron chi connectivity index (χ0n) is 29.1. The number of hydrogen-bond donors (Lipinski definition) is 0. The van der Waals surface area contributed by atoms with Gasteiger partial charge in [-0.05, 0) is 74.8 Å². The summed E-state index contributed by atoms with van der Waals surface area (Å²) in [4.78, 5) is 2.53. The van der Waals surface area contributed by atoms with E-state index in [0.29, 0.717) is 0 Å². The Kier molecular flexibility index (Phi) is 9.05. The lowest BCUT2D eigenvalue weighted by Gasteiger charge is -2.27. The lowest BCUT2D eigenvalue weighted by Crippen LogP contribution is -2.28. The van der Waals surface area contributed by atoms with Crippen molar-refractivity contribution in [1.29, 1.82) is 0 Å². The predicted molar refractivity (Wildman–Crippen MR) is 193 cm³/mol. The van der Waals surface area contributed by atoms with Crippen molar-refractivity contribution >= 4 is 22.8 Å². The van der Waals surface area contributed by atoms with Crippen molar-refractivity contribution in [3.8, 4) is 0 Å². The van der Waals surface area contributed by atoms with Gasteiger partial charge < -0.3 is 4.90 Å². The molecule has 2 aromatic carbocycles. The van der Waals surface area contributed by atoms with Crippen molar-refractivity contribution in [3.05, 3.63) is 113 Å². The van der Waals surface area contributed by atoms with E-state index in [4.69, 9.17) is 5.21 Å². The largest absolute Gasteiger partial charge is 0.344 e. The van der Waals surface area contributed by atoms with Crippen LogP contribution in [-0.2, 0) is 17.3 Å². The minimum Gasteiger partial charge on any atom is -0.344 e. The van der Waals surface area contributed by atoms with Crippen LogP contribution in [0.5, 0.6) is 0 Å². The molecule has 0 spiro atoms. The predicted octanol–water partition coefficient (Wildman–Crippen LogP) is 9.69. The van der Waals surface area contributed by atoms with Gasteiger partial charge in [-0.25, -0.2) is 4.68 Å². The summed E-state index contributed by atoms with van der Waals surface area (Å²) in [5, 5.41) is 9.30. The third kappa shape index (κ3) is 5.63. The average Bonchev–Trinajstić information content (AvgIpc) is 3.66. The number of allylic oxidation sites excluding steroid dienone is 8. The van der Waals surface area contributed by atoms with E-state index < -0.39 is 0 Å². The van der Waals surface area contributed by atoms with Crippen LogP contribution >= 0.6 is 0 Å². The number of hydrogen-bond acceptors (Lipinski definition) is 3. The third-order valence-corrected chi connectivity index (χ3v) is 10.2. The molecule has 6 rings (SSSR count). The Labute approximate surface area is 276 Å². The van der Waals surface area contributed by atoms with E-state index in [1.807, 2.05) is 0 Å². The Bertz CT molecular complexity index is 1760. The topological polar surface area (TPSA) is 37.0 Å². The number of benzene rings is 2. The number of fused-ring (bicyclic) bond motifs is 2. The molecule has 1 aromatic heterocycles. The van der Waals surface area contributed by atoms with Crippen molar-refractivity contribution in [1.82, 2.24) is 15.0 Å². The van der Waals surface area contributed by atoms with Gasteiger partial charge in [0.2, 0.25) is 5.69 Å². The Morgan fingerprint density at radius 2 is 1.59 bits per heavy atom. The number of aryl methyl sites for hydroxylation is 1. The van der Waals surface area contributed by atoms with E-state index in [1.54, 1.807) is 0 Å². The zero-order valence-corrected chi connectivity index (χ0v) is 29.1. The first-order valence-electron chi connectivity index (χ1n) is 17.6. The van der Waals surface area contributed by atoms with Crippen molar-refractivity contribution in [2.24, 2.45) is 0 Å². The Morgan fingerprint density at radius 1 is 0.826 bits per heavy atom. The second-order valence-corrected chi connectivity index (χ2v) is 14.2. The summed E-state index contributed by atoms with van der Waals surface area (Å²) in [5.74, 6) is 0. The van der Waals surface area contributed by atoms with Crippen molar-refractivity contribution in [2.45, 2.75) is 104 Å². The third-order valence-electron chi connectivity index (χ3n) is 10.2. The van der Waals surface area contributed by atoms with Crippen LogP contribution in [-0.4, -0.2) is 38.4 Å². The molecule has 2 aliphatic heterocycles. The highest BCUT2D eigenvalue weighted by Crippen LogP contribution is 2.48. The smallest absolute Gasteiger partial charge is 0.209 e. The fourth-order valence-corrected chi connectivity index (χ4v) is 7.88. The fraction of sp³-hybridized carbons (Fsp3) is 0.439. The summed E-state index contributed by atoms with van der Waals surface area (Å²) in [6.07, 6.45) is 19.1. The number of para-hydroxylation sites is 2. The van der Waals surface area contributed by atoms with Gasteiger partial charge in [0, 0.05) is 47.5 Å². The first-order chi connectivity index (χ1) is 22.2. The first-order valence-corrected chi connectivity index (χ1v) is 17.6.